The monoisotopic (exact) mass is 301 g/mol. The number of rotatable bonds is 8. The lowest BCUT2D eigenvalue weighted by molar-refractivity contribution is 0.232. The Balaban J connectivity index is 2.40. The predicted molar refractivity (Wildman–Crippen MR) is 74.4 cm³/mol. The molecule has 0 aliphatic rings. The lowest BCUT2D eigenvalue weighted by Gasteiger charge is -2.16. The largest absolute Gasteiger partial charge is 0.490 e. The van der Waals surface area contributed by atoms with E-state index in [0.29, 0.717) is 13.2 Å². The summed E-state index contributed by atoms with van der Waals surface area (Å²) in [5, 5.41) is 0.985. The molecule has 0 fully saturated rings. The van der Waals surface area contributed by atoms with Gasteiger partial charge in [-0.15, -0.1) is 0 Å². The molecule has 4 heteroatoms. The van der Waals surface area contributed by atoms with Gasteiger partial charge >= 0.3 is 0 Å². The summed E-state index contributed by atoms with van der Waals surface area (Å²) in [6.45, 7) is 5.24. The molecule has 1 aromatic carbocycles. The molecule has 1 rings (SSSR count). The van der Waals surface area contributed by atoms with Crippen LogP contribution < -0.4 is 9.47 Å². The molecule has 0 saturated carbocycles. The Morgan fingerprint density at radius 2 is 1.76 bits per heavy atom. The minimum atomic E-state index is 0.657. The normalized spacial score (nSPS) is 10.6. The summed E-state index contributed by atoms with van der Waals surface area (Å²) in [5.41, 5.74) is 0. The van der Waals surface area contributed by atoms with E-state index in [1.807, 2.05) is 31.2 Å². The van der Waals surface area contributed by atoms with Crippen molar-refractivity contribution in [1.82, 2.24) is 4.90 Å². The highest BCUT2D eigenvalue weighted by Crippen LogP contribution is 2.26. The SMILES string of the molecule is CCOc1ccccc1OCCN(C)CCBr. The Bertz CT molecular complexity index is 320. The van der Waals surface area contributed by atoms with Gasteiger partial charge < -0.3 is 14.4 Å². The number of benzene rings is 1. The lowest BCUT2D eigenvalue weighted by atomic mass is 10.3. The van der Waals surface area contributed by atoms with Gasteiger partial charge in [-0.05, 0) is 26.1 Å². The van der Waals surface area contributed by atoms with E-state index in [-0.39, 0.29) is 0 Å². The molecule has 1 aromatic rings. The first-order chi connectivity index (χ1) is 8.27. The Labute approximate surface area is 112 Å². The van der Waals surface area contributed by atoms with Gasteiger partial charge in [-0.3, -0.25) is 0 Å². The van der Waals surface area contributed by atoms with Crippen molar-refractivity contribution >= 4 is 15.9 Å². The number of halogens is 1. The van der Waals surface area contributed by atoms with Crippen molar-refractivity contribution in [3.63, 3.8) is 0 Å². The van der Waals surface area contributed by atoms with Crippen LogP contribution in [0.15, 0.2) is 24.3 Å². The molecule has 0 saturated heterocycles. The Kier molecular flexibility index (Phi) is 7.05. The molecule has 0 radical (unpaired) electrons. The number of hydrogen-bond donors (Lipinski definition) is 0. The second kappa shape index (κ2) is 8.37. The quantitative estimate of drug-likeness (QED) is 0.689. The smallest absolute Gasteiger partial charge is 0.161 e. The molecular weight excluding hydrogens is 282 g/mol. The summed E-state index contributed by atoms with van der Waals surface area (Å²) in [6.07, 6.45) is 0. The fourth-order valence-corrected chi connectivity index (χ4v) is 2.02. The van der Waals surface area contributed by atoms with Crippen molar-refractivity contribution in [1.29, 1.82) is 0 Å². The van der Waals surface area contributed by atoms with E-state index in [9.17, 15) is 0 Å². The van der Waals surface area contributed by atoms with Gasteiger partial charge in [0.1, 0.15) is 6.61 Å². The molecule has 0 amide bonds. The molecule has 17 heavy (non-hydrogen) atoms. The number of alkyl halides is 1. The third-order valence-corrected chi connectivity index (χ3v) is 2.70. The second-order valence-corrected chi connectivity index (χ2v) is 4.51. The molecule has 96 valence electrons. The first-order valence-corrected chi connectivity index (χ1v) is 6.99. The second-order valence-electron chi connectivity index (χ2n) is 3.72. The van der Waals surface area contributed by atoms with E-state index in [1.165, 1.54) is 0 Å². The number of likely N-dealkylation sites (N-methyl/N-ethyl adjacent to an activating group) is 1. The fourth-order valence-electron chi connectivity index (χ4n) is 1.41. The van der Waals surface area contributed by atoms with Gasteiger partial charge in [0.15, 0.2) is 11.5 Å². The fraction of sp³-hybridized carbons (Fsp3) is 0.538. The maximum atomic E-state index is 5.72. The first-order valence-electron chi connectivity index (χ1n) is 5.87. The number of para-hydroxylation sites is 2. The Hall–Kier alpha value is -0.740. The van der Waals surface area contributed by atoms with Crippen molar-refractivity contribution in [3.05, 3.63) is 24.3 Å². The van der Waals surface area contributed by atoms with Gasteiger partial charge in [-0.2, -0.15) is 0 Å². The zero-order chi connectivity index (χ0) is 12.5. The molecule has 0 aromatic heterocycles. The minimum absolute atomic E-state index is 0.657. The van der Waals surface area contributed by atoms with Crippen molar-refractivity contribution in [3.8, 4) is 11.5 Å². The van der Waals surface area contributed by atoms with E-state index in [1.54, 1.807) is 0 Å². The van der Waals surface area contributed by atoms with Crippen LogP contribution in [0.1, 0.15) is 6.92 Å². The Morgan fingerprint density at radius 1 is 1.12 bits per heavy atom. The average Bonchev–Trinajstić information content (AvgIpc) is 2.32. The van der Waals surface area contributed by atoms with Crippen LogP contribution >= 0.6 is 15.9 Å². The Morgan fingerprint density at radius 3 is 2.35 bits per heavy atom. The van der Waals surface area contributed by atoms with Crippen LogP contribution in [-0.2, 0) is 0 Å². The minimum Gasteiger partial charge on any atom is -0.490 e. The third-order valence-electron chi connectivity index (χ3n) is 2.35. The number of nitrogens with zero attached hydrogens (tertiary/aromatic N) is 1. The summed E-state index contributed by atoms with van der Waals surface area (Å²) in [5.74, 6) is 1.64. The summed E-state index contributed by atoms with van der Waals surface area (Å²) in [6, 6.07) is 7.78. The molecular formula is C13H20BrNO2. The van der Waals surface area contributed by atoms with E-state index in [2.05, 4.69) is 27.9 Å². The molecule has 0 bridgehead atoms. The molecule has 0 atom stereocenters. The maximum Gasteiger partial charge on any atom is 0.161 e. The molecule has 0 aliphatic heterocycles. The van der Waals surface area contributed by atoms with Crippen molar-refractivity contribution in [2.75, 3.05) is 38.7 Å². The average molecular weight is 302 g/mol. The molecule has 0 heterocycles. The molecule has 0 aliphatic carbocycles. The topological polar surface area (TPSA) is 21.7 Å². The van der Waals surface area contributed by atoms with E-state index < -0.39 is 0 Å². The van der Waals surface area contributed by atoms with Gasteiger partial charge in [0.05, 0.1) is 6.61 Å². The van der Waals surface area contributed by atoms with Gasteiger partial charge in [-0.25, -0.2) is 0 Å². The highest BCUT2D eigenvalue weighted by molar-refractivity contribution is 9.09. The van der Waals surface area contributed by atoms with Crippen molar-refractivity contribution in [2.24, 2.45) is 0 Å². The third kappa shape index (κ3) is 5.41. The van der Waals surface area contributed by atoms with E-state index in [0.717, 1.165) is 29.9 Å². The van der Waals surface area contributed by atoms with Gasteiger partial charge in [0.25, 0.3) is 0 Å². The zero-order valence-electron chi connectivity index (χ0n) is 10.5. The highest BCUT2D eigenvalue weighted by Gasteiger charge is 2.03. The van der Waals surface area contributed by atoms with E-state index in [4.69, 9.17) is 9.47 Å². The maximum absolute atomic E-state index is 5.72. The van der Waals surface area contributed by atoms with Crippen LogP contribution in [0.5, 0.6) is 11.5 Å². The molecule has 0 unspecified atom stereocenters. The molecule has 0 N–H and O–H groups in total. The summed E-state index contributed by atoms with van der Waals surface area (Å²) < 4.78 is 11.2. The number of hydrogen-bond acceptors (Lipinski definition) is 3. The van der Waals surface area contributed by atoms with Gasteiger partial charge in [0.2, 0.25) is 0 Å². The first kappa shape index (κ1) is 14.3. The van der Waals surface area contributed by atoms with Crippen LogP contribution in [0, 0.1) is 0 Å². The van der Waals surface area contributed by atoms with E-state index >= 15 is 0 Å². The lowest BCUT2D eigenvalue weighted by Crippen LogP contribution is -2.26. The predicted octanol–water partition coefficient (Wildman–Crippen LogP) is 2.79. The summed E-state index contributed by atoms with van der Waals surface area (Å²) >= 11 is 3.42. The standard InChI is InChI=1S/C13H20BrNO2/c1-3-16-12-6-4-5-7-13(12)17-11-10-15(2)9-8-14/h4-7H,3,8-11H2,1-2H3. The highest BCUT2D eigenvalue weighted by atomic mass is 79.9. The molecule has 3 nitrogen and oxygen atoms in total. The van der Waals surface area contributed by atoms with Crippen molar-refractivity contribution < 1.29 is 9.47 Å². The van der Waals surface area contributed by atoms with Crippen LogP contribution in [0.3, 0.4) is 0 Å². The molecule has 0 spiro atoms. The zero-order valence-corrected chi connectivity index (χ0v) is 12.1. The van der Waals surface area contributed by atoms with Crippen LogP contribution in [0.4, 0.5) is 0 Å². The summed E-state index contributed by atoms with van der Waals surface area (Å²) in [4.78, 5) is 2.22. The van der Waals surface area contributed by atoms with Crippen LogP contribution in [-0.4, -0.2) is 43.6 Å². The van der Waals surface area contributed by atoms with Crippen molar-refractivity contribution in [2.45, 2.75) is 6.92 Å². The number of ether oxygens (including phenoxy) is 2. The van der Waals surface area contributed by atoms with Crippen LogP contribution in [0.25, 0.3) is 0 Å². The van der Waals surface area contributed by atoms with Crippen LogP contribution in [0.2, 0.25) is 0 Å². The van der Waals surface area contributed by atoms with Gasteiger partial charge in [-0.1, -0.05) is 28.1 Å². The van der Waals surface area contributed by atoms with Gasteiger partial charge in [0, 0.05) is 18.4 Å². The summed E-state index contributed by atoms with van der Waals surface area (Å²) in [7, 11) is 2.08.